The predicted molar refractivity (Wildman–Crippen MR) is 90.4 cm³/mol. The smallest absolute Gasteiger partial charge is 0.253 e. The highest BCUT2D eigenvalue weighted by atomic mass is 16.2. The van der Waals surface area contributed by atoms with Crippen molar-refractivity contribution in [2.75, 3.05) is 31.5 Å². The first-order valence-electron chi connectivity index (χ1n) is 8.45. The number of nitrogens with zero attached hydrogens (tertiary/aromatic N) is 2. The Bertz CT molecular complexity index is 572. The first kappa shape index (κ1) is 16.0. The molecule has 1 aromatic rings. The highest BCUT2D eigenvalue weighted by Crippen LogP contribution is 2.35. The van der Waals surface area contributed by atoms with Gasteiger partial charge in [0.25, 0.3) is 5.91 Å². The number of piperazine rings is 1. The number of carbonyl (C=O) groups excluding carboxylic acids is 2. The zero-order chi connectivity index (χ0) is 16.4. The molecular formula is C18H25N3O2. The Morgan fingerprint density at radius 2 is 1.70 bits per heavy atom. The van der Waals surface area contributed by atoms with Gasteiger partial charge >= 0.3 is 0 Å². The van der Waals surface area contributed by atoms with E-state index in [1.54, 1.807) is 24.3 Å². The summed E-state index contributed by atoms with van der Waals surface area (Å²) in [4.78, 5) is 28.1. The summed E-state index contributed by atoms with van der Waals surface area (Å²) < 4.78 is 0. The standard InChI is InChI=1S/C18H25N3O2/c1-13(15-3-4-15)20-9-11-21(12-10-20)18(23)16-5-7-17(8-6-16)19-14(2)22/h5-8,13,15H,3-4,9-12H2,1-2H3,(H,19,22). The SMILES string of the molecule is CC(=O)Nc1ccc(C(=O)N2CCN(C(C)C3CC3)CC2)cc1. The molecule has 2 aliphatic rings. The summed E-state index contributed by atoms with van der Waals surface area (Å²) in [6.45, 7) is 7.31. The van der Waals surface area contributed by atoms with Crippen LogP contribution in [0.1, 0.15) is 37.0 Å². The van der Waals surface area contributed by atoms with Crippen LogP contribution in [0.3, 0.4) is 0 Å². The quantitative estimate of drug-likeness (QED) is 0.927. The lowest BCUT2D eigenvalue weighted by molar-refractivity contribution is -0.114. The fourth-order valence-electron chi connectivity index (χ4n) is 3.29. The van der Waals surface area contributed by atoms with Gasteiger partial charge in [-0.3, -0.25) is 14.5 Å². The zero-order valence-corrected chi connectivity index (χ0v) is 13.9. The molecule has 0 aromatic heterocycles. The van der Waals surface area contributed by atoms with Crippen LogP contribution in [0.25, 0.3) is 0 Å². The molecule has 1 N–H and O–H groups in total. The van der Waals surface area contributed by atoms with Gasteiger partial charge in [-0.05, 0) is 49.9 Å². The fourth-order valence-corrected chi connectivity index (χ4v) is 3.29. The molecule has 1 aliphatic heterocycles. The minimum Gasteiger partial charge on any atom is -0.336 e. The van der Waals surface area contributed by atoms with Gasteiger partial charge in [0.05, 0.1) is 0 Å². The van der Waals surface area contributed by atoms with Crippen molar-refractivity contribution < 1.29 is 9.59 Å². The molecule has 0 spiro atoms. The highest BCUT2D eigenvalue weighted by Gasteiger charge is 2.34. The third-order valence-electron chi connectivity index (χ3n) is 4.93. The van der Waals surface area contributed by atoms with Gasteiger partial charge in [0.2, 0.25) is 5.91 Å². The van der Waals surface area contributed by atoms with Crippen LogP contribution in [0.5, 0.6) is 0 Å². The lowest BCUT2D eigenvalue weighted by Crippen LogP contribution is -2.51. The monoisotopic (exact) mass is 315 g/mol. The Balaban J connectivity index is 1.55. The minimum atomic E-state index is -0.106. The summed E-state index contributed by atoms with van der Waals surface area (Å²) in [6.07, 6.45) is 2.72. The molecule has 1 saturated carbocycles. The zero-order valence-electron chi connectivity index (χ0n) is 13.9. The molecule has 5 nitrogen and oxygen atoms in total. The van der Waals surface area contributed by atoms with Crippen molar-refractivity contribution in [2.24, 2.45) is 5.92 Å². The summed E-state index contributed by atoms with van der Waals surface area (Å²) in [5, 5.41) is 2.71. The van der Waals surface area contributed by atoms with Crippen molar-refractivity contribution in [2.45, 2.75) is 32.7 Å². The van der Waals surface area contributed by atoms with Gasteiger partial charge in [-0.1, -0.05) is 0 Å². The molecule has 1 heterocycles. The molecule has 2 fully saturated rings. The van der Waals surface area contributed by atoms with E-state index in [1.165, 1.54) is 19.8 Å². The van der Waals surface area contributed by atoms with E-state index in [1.807, 2.05) is 4.90 Å². The normalized spacial score (nSPS) is 20.2. The number of anilines is 1. The summed E-state index contributed by atoms with van der Waals surface area (Å²) in [7, 11) is 0. The molecule has 124 valence electrons. The summed E-state index contributed by atoms with van der Waals surface area (Å²) >= 11 is 0. The molecule has 1 saturated heterocycles. The van der Waals surface area contributed by atoms with Crippen molar-refractivity contribution in [3.63, 3.8) is 0 Å². The van der Waals surface area contributed by atoms with E-state index in [2.05, 4.69) is 17.1 Å². The Morgan fingerprint density at radius 3 is 2.22 bits per heavy atom. The number of benzene rings is 1. The average molecular weight is 315 g/mol. The molecule has 1 aliphatic carbocycles. The molecule has 5 heteroatoms. The van der Waals surface area contributed by atoms with Crippen molar-refractivity contribution in [3.05, 3.63) is 29.8 Å². The topological polar surface area (TPSA) is 52.7 Å². The number of amides is 2. The van der Waals surface area contributed by atoms with Crippen LogP contribution in [0, 0.1) is 5.92 Å². The summed E-state index contributed by atoms with van der Waals surface area (Å²) in [5.74, 6) is 0.849. The molecule has 23 heavy (non-hydrogen) atoms. The molecule has 1 aromatic carbocycles. The second-order valence-electron chi connectivity index (χ2n) is 6.66. The van der Waals surface area contributed by atoms with Gasteiger partial charge in [0, 0.05) is 50.4 Å². The largest absolute Gasteiger partial charge is 0.336 e. The van der Waals surface area contributed by atoms with E-state index in [0.29, 0.717) is 11.6 Å². The van der Waals surface area contributed by atoms with Gasteiger partial charge in [-0.15, -0.1) is 0 Å². The number of hydrogen-bond acceptors (Lipinski definition) is 3. The van der Waals surface area contributed by atoms with Crippen molar-refractivity contribution in [1.29, 1.82) is 0 Å². The van der Waals surface area contributed by atoms with Crippen molar-refractivity contribution in [3.8, 4) is 0 Å². The Morgan fingerprint density at radius 1 is 1.09 bits per heavy atom. The maximum Gasteiger partial charge on any atom is 0.253 e. The second-order valence-corrected chi connectivity index (χ2v) is 6.66. The van der Waals surface area contributed by atoms with Crippen LogP contribution < -0.4 is 5.32 Å². The maximum atomic E-state index is 12.6. The van der Waals surface area contributed by atoms with Gasteiger partial charge in [-0.25, -0.2) is 0 Å². The first-order chi connectivity index (χ1) is 11.0. The summed E-state index contributed by atoms with van der Waals surface area (Å²) in [5.41, 5.74) is 1.40. The number of carbonyl (C=O) groups is 2. The van der Waals surface area contributed by atoms with Crippen LogP contribution in [0.2, 0.25) is 0 Å². The van der Waals surface area contributed by atoms with Gasteiger partial charge in [0.15, 0.2) is 0 Å². The van der Waals surface area contributed by atoms with Gasteiger partial charge < -0.3 is 10.2 Å². The fraction of sp³-hybridized carbons (Fsp3) is 0.556. The van der Waals surface area contributed by atoms with Gasteiger partial charge in [-0.2, -0.15) is 0 Å². The molecule has 0 radical (unpaired) electrons. The van der Waals surface area contributed by atoms with E-state index in [9.17, 15) is 9.59 Å². The van der Waals surface area contributed by atoms with E-state index < -0.39 is 0 Å². The number of rotatable bonds is 4. The first-order valence-corrected chi connectivity index (χ1v) is 8.45. The van der Waals surface area contributed by atoms with Crippen LogP contribution in [0.4, 0.5) is 5.69 Å². The Labute approximate surface area is 137 Å². The molecular weight excluding hydrogens is 290 g/mol. The molecule has 0 bridgehead atoms. The van der Waals surface area contributed by atoms with E-state index in [4.69, 9.17) is 0 Å². The van der Waals surface area contributed by atoms with E-state index >= 15 is 0 Å². The average Bonchev–Trinajstić information content (AvgIpc) is 3.39. The third kappa shape index (κ3) is 3.91. The third-order valence-corrected chi connectivity index (χ3v) is 4.93. The van der Waals surface area contributed by atoms with Crippen molar-refractivity contribution in [1.82, 2.24) is 9.80 Å². The molecule has 1 unspecified atom stereocenters. The second kappa shape index (κ2) is 6.71. The number of hydrogen-bond donors (Lipinski definition) is 1. The maximum absolute atomic E-state index is 12.6. The number of nitrogens with one attached hydrogen (secondary N) is 1. The lowest BCUT2D eigenvalue weighted by Gasteiger charge is -2.38. The minimum absolute atomic E-state index is 0.0816. The van der Waals surface area contributed by atoms with E-state index in [0.717, 1.165) is 37.8 Å². The van der Waals surface area contributed by atoms with Crippen LogP contribution in [0.15, 0.2) is 24.3 Å². The molecule has 3 rings (SSSR count). The van der Waals surface area contributed by atoms with E-state index in [-0.39, 0.29) is 11.8 Å². The highest BCUT2D eigenvalue weighted by molar-refractivity contribution is 5.95. The van der Waals surface area contributed by atoms with Gasteiger partial charge in [0.1, 0.15) is 0 Å². The molecule has 2 amide bonds. The van der Waals surface area contributed by atoms with Crippen LogP contribution in [-0.4, -0.2) is 53.8 Å². The summed E-state index contributed by atoms with van der Waals surface area (Å²) in [6, 6.07) is 7.78. The lowest BCUT2D eigenvalue weighted by atomic mass is 10.1. The predicted octanol–water partition coefficient (Wildman–Crippen LogP) is 2.20. The van der Waals surface area contributed by atoms with Crippen LogP contribution in [-0.2, 0) is 4.79 Å². The molecule has 1 atom stereocenters. The van der Waals surface area contributed by atoms with Crippen molar-refractivity contribution >= 4 is 17.5 Å². The Hall–Kier alpha value is -1.88. The Kier molecular flexibility index (Phi) is 4.66. The van der Waals surface area contributed by atoms with Crippen LogP contribution >= 0.6 is 0 Å².